The van der Waals surface area contributed by atoms with Gasteiger partial charge in [-0.3, -0.25) is 4.79 Å². The van der Waals surface area contributed by atoms with Gasteiger partial charge in [-0.2, -0.15) is 0 Å². The Bertz CT molecular complexity index is 875. The van der Waals surface area contributed by atoms with E-state index in [4.69, 9.17) is 4.74 Å². The van der Waals surface area contributed by atoms with Crippen LogP contribution >= 0.6 is 0 Å². The second-order valence-corrected chi connectivity index (χ2v) is 10.5. The Kier molecular flexibility index (Phi) is 5.38. The van der Waals surface area contributed by atoms with Crippen LogP contribution in [0.1, 0.15) is 38.7 Å². The summed E-state index contributed by atoms with van der Waals surface area (Å²) >= 11 is 0. The van der Waals surface area contributed by atoms with E-state index in [1.54, 1.807) is 0 Å². The van der Waals surface area contributed by atoms with Crippen molar-refractivity contribution in [1.82, 2.24) is 0 Å². The van der Waals surface area contributed by atoms with Crippen LogP contribution in [0.3, 0.4) is 0 Å². The molecule has 5 rings (SSSR count). The van der Waals surface area contributed by atoms with Crippen LogP contribution in [0.2, 0.25) is 0 Å². The van der Waals surface area contributed by atoms with Crippen LogP contribution < -0.4 is 9.80 Å². The third kappa shape index (κ3) is 3.41. The summed E-state index contributed by atoms with van der Waals surface area (Å²) in [6, 6.07) is 8.57. The topological polar surface area (TPSA) is 54.2 Å². The van der Waals surface area contributed by atoms with Crippen LogP contribution in [0.4, 0.5) is 5.69 Å². The zero-order chi connectivity index (χ0) is 21.8. The maximum Gasteiger partial charge on any atom is 0.315 e. The van der Waals surface area contributed by atoms with Gasteiger partial charge in [-0.1, -0.05) is 43.7 Å². The van der Waals surface area contributed by atoms with Crippen molar-refractivity contribution in [2.24, 2.45) is 23.2 Å². The van der Waals surface area contributed by atoms with Gasteiger partial charge < -0.3 is 19.6 Å². The van der Waals surface area contributed by atoms with Crippen LogP contribution in [-0.2, 0) is 9.53 Å². The smallest absolute Gasteiger partial charge is 0.315 e. The van der Waals surface area contributed by atoms with Crippen molar-refractivity contribution in [2.75, 3.05) is 37.6 Å². The molecule has 2 N–H and O–H groups in total. The van der Waals surface area contributed by atoms with E-state index in [9.17, 15) is 9.90 Å². The molecule has 0 bridgehead atoms. The van der Waals surface area contributed by atoms with Gasteiger partial charge in [-0.25, -0.2) is 0 Å². The third-order valence-corrected chi connectivity index (χ3v) is 9.01. The number of esters is 1. The third-order valence-electron chi connectivity index (χ3n) is 9.01. The molecule has 0 spiro atoms. The number of carbonyl (C=O) groups is 1. The van der Waals surface area contributed by atoms with Gasteiger partial charge in [0.2, 0.25) is 0 Å². The summed E-state index contributed by atoms with van der Waals surface area (Å²) < 4.78 is 5.86. The molecule has 2 aliphatic carbocycles. The van der Waals surface area contributed by atoms with E-state index in [0.717, 1.165) is 52.0 Å². The highest BCUT2D eigenvalue weighted by atomic mass is 16.6. The zero-order valence-corrected chi connectivity index (χ0v) is 19.1. The van der Waals surface area contributed by atoms with Crippen molar-refractivity contribution in [2.45, 2.75) is 52.2 Å². The molecule has 0 aromatic heterocycles. The highest BCUT2D eigenvalue weighted by Gasteiger charge is 2.60. The molecule has 6 atom stereocenters. The van der Waals surface area contributed by atoms with Gasteiger partial charge in [0.15, 0.2) is 0 Å². The molecule has 31 heavy (non-hydrogen) atoms. The SMILES string of the molecule is Cc1ccccc1N1CC[NH+](C[C@@H]2C(=O)O[C@H]3CC4=CCC[C@H](C)[C@]4(C)[C@@H](O)[C@@H]32)CC1. The first-order chi connectivity index (χ1) is 14.9. The normalized spacial score (nSPS) is 38.3. The Hall–Kier alpha value is -1.85. The molecule has 2 saturated heterocycles. The first-order valence-electron chi connectivity index (χ1n) is 12.1. The molecular weight excluding hydrogens is 388 g/mol. The molecule has 168 valence electrons. The fourth-order valence-electron chi connectivity index (χ4n) is 6.79. The van der Waals surface area contributed by atoms with Crippen molar-refractivity contribution in [3.63, 3.8) is 0 Å². The standard InChI is InChI=1S/C26H36N2O3/c1-17-7-4-5-10-21(17)28-13-11-27(12-14-28)16-20-23-22(31-25(20)30)15-19-9-6-8-18(2)26(19,3)24(23)29/h4-5,7,9-10,18,20,22-24,29H,6,8,11-16H2,1-3H3/p+1/t18-,20-,22-,23+,24-,26-/m0/s1. The molecular formula is C26H37N2O3+. The molecule has 3 fully saturated rings. The summed E-state index contributed by atoms with van der Waals surface area (Å²) in [5, 5.41) is 11.6. The summed E-state index contributed by atoms with van der Waals surface area (Å²) in [6.07, 6.45) is 4.64. The Balaban J connectivity index is 1.28. The molecule has 0 amide bonds. The summed E-state index contributed by atoms with van der Waals surface area (Å²) in [6.45, 7) is 11.5. The lowest BCUT2D eigenvalue weighted by atomic mass is 9.55. The number of quaternary nitrogens is 1. The van der Waals surface area contributed by atoms with Crippen LogP contribution in [0.15, 0.2) is 35.9 Å². The summed E-state index contributed by atoms with van der Waals surface area (Å²) in [5.74, 6) is 0.0906. The quantitative estimate of drug-likeness (QED) is 0.575. The Morgan fingerprint density at radius 1 is 1.26 bits per heavy atom. The highest BCUT2D eigenvalue weighted by Crippen LogP contribution is 2.55. The molecule has 0 unspecified atom stereocenters. The lowest BCUT2D eigenvalue weighted by Gasteiger charge is -2.51. The van der Waals surface area contributed by atoms with E-state index >= 15 is 0 Å². The largest absolute Gasteiger partial charge is 0.461 e. The van der Waals surface area contributed by atoms with Gasteiger partial charge >= 0.3 is 5.97 Å². The monoisotopic (exact) mass is 425 g/mol. The van der Waals surface area contributed by atoms with Gasteiger partial charge in [0.05, 0.1) is 38.8 Å². The van der Waals surface area contributed by atoms with Gasteiger partial charge in [0.1, 0.15) is 12.0 Å². The molecule has 2 heterocycles. The van der Waals surface area contributed by atoms with E-state index in [1.165, 1.54) is 21.7 Å². The van der Waals surface area contributed by atoms with Crippen molar-refractivity contribution < 1.29 is 19.5 Å². The highest BCUT2D eigenvalue weighted by molar-refractivity contribution is 5.76. The maximum absolute atomic E-state index is 12.9. The number of rotatable bonds is 3. The van der Waals surface area contributed by atoms with Gasteiger partial charge in [0, 0.05) is 23.4 Å². The number of aliphatic hydroxyl groups is 1. The lowest BCUT2D eigenvalue weighted by Crippen LogP contribution is -3.15. The number of nitrogens with zero attached hydrogens (tertiary/aromatic N) is 1. The maximum atomic E-state index is 12.9. The molecule has 5 heteroatoms. The average Bonchev–Trinajstić information content (AvgIpc) is 3.06. The van der Waals surface area contributed by atoms with Gasteiger partial charge in [0.25, 0.3) is 0 Å². The molecule has 4 aliphatic rings. The number of para-hydroxylation sites is 1. The van der Waals surface area contributed by atoms with E-state index in [2.05, 4.69) is 56.0 Å². The number of anilines is 1. The fraction of sp³-hybridized carbons (Fsp3) is 0.654. The number of hydrogen-bond donors (Lipinski definition) is 2. The first kappa shape index (κ1) is 21.0. The lowest BCUT2D eigenvalue weighted by molar-refractivity contribution is -0.903. The molecule has 5 nitrogen and oxygen atoms in total. The second kappa shape index (κ2) is 7.93. The minimum absolute atomic E-state index is 0.0721. The van der Waals surface area contributed by atoms with Crippen molar-refractivity contribution >= 4 is 11.7 Å². The number of piperazine rings is 1. The molecule has 2 aliphatic heterocycles. The number of nitrogens with one attached hydrogen (secondary N) is 1. The molecule has 0 radical (unpaired) electrons. The zero-order valence-electron chi connectivity index (χ0n) is 19.1. The molecule has 1 aromatic rings. The number of hydrogen-bond acceptors (Lipinski definition) is 4. The number of aliphatic hydroxyl groups excluding tert-OH is 1. The second-order valence-electron chi connectivity index (χ2n) is 10.5. The Morgan fingerprint density at radius 3 is 2.74 bits per heavy atom. The minimum Gasteiger partial charge on any atom is -0.461 e. The Morgan fingerprint density at radius 2 is 2.00 bits per heavy atom. The number of fused-ring (bicyclic) bond motifs is 2. The first-order valence-corrected chi connectivity index (χ1v) is 12.1. The van der Waals surface area contributed by atoms with Crippen LogP contribution in [0.5, 0.6) is 0 Å². The number of ether oxygens (including phenoxy) is 1. The van der Waals surface area contributed by atoms with E-state index in [-0.39, 0.29) is 29.3 Å². The summed E-state index contributed by atoms with van der Waals surface area (Å²) in [7, 11) is 0. The van der Waals surface area contributed by atoms with Crippen LogP contribution in [-0.4, -0.2) is 56.0 Å². The minimum atomic E-state index is -0.503. The van der Waals surface area contributed by atoms with Gasteiger partial charge in [-0.05, 0) is 37.3 Å². The predicted octanol–water partition coefficient (Wildman–Crippen LogP) is 1.98. The number of aryl methyl sites for hydroxylation is 1. The summed E-state index contributed by atoms with van der Waals surface area (Å²) in [5.41, 5.74) is 3.73. The molecule has 1 aromatic carbocycles. The van der Waals surface area contributed by atoms with Crippen molar-refractivity contribution in [3.8, 4) is 0 Å². The molecule has 1 saturated carbocycles. The fourth-order valence-corrected chi connectivity index (χ4v) is 6.79. The predicted molar refractivity (Wildman–Crippen MR) is 121 cm³/mol. The van der Waals surface area contributed by atoms with Gasteiger partial charge in [-0.15, -0.1) is 0 Å². The van der Waals surface area contributed by atoms with Crippen LogP contribution in [0, 0.1) is 30.1 Å². The van der Waals surface area contributed by atoms with Crippen molar-refractivity contribution in [1.29, 1.82) is 0 Å². The average molecular weight is 426 g/mol. The van der Waals surface area contributed by atoms with Crippen LogP contribution in [0.25, 0.3) is 0 Å². The number of benzene rings is 1. The Labute approximate surface area is 186 Å². The van der Waals surface area contributed by atoms with E-state index in [0.29, 0.717) is 5.92 Å². The number of carbonyl (C=O) groups excluding carboxylic acids is 1. The van der Waals surface area contributed by atoms with Crippen molar-refractivity contribution in [3.05, 3.63) is 41.5 Å². The summed E-state index contributed by atoms with van der Waals surface area (Å²) in [4.78, 5) is 16.8. The van der Waals surface area contributed by atoms with E-state index < -0.39 is 6.10 Å². The van der Waals surface area contributed by atoms with E-state index in [1.807, 2.05) is 0 Å². The number of allylic oxidation sites excluding steroid dienone is 1.